The Morgan fingerprint density at radius 3 is 2.78 bits per heavy atom. The minimum Gasteiger partial charge on any atom is -0.489 e. The molecule has 3 aromatic rings. The minimum atomic E-state index is -0.121. The van der Waals surface area contributed by atoms with E-state index >= 15 is 0 Å². The number of benzene rings is 3. The molecule has 6 heteroatoms. The molecule has 2 heterocycles. The predicted molar refractivity (Wildman–Crippen MR) is 121 cm³/mol. The summed E-state index contributed by atoms with van der Waals surface area (Å²) in [6.45, 7) is 4.80. The number of carbonyl (C=O) groups excluding carboxylic acids is 1. The van der Waals surface area contributed by atoms with Gasteiger partial charge in [0.25, 0.3) is 0 Å². The van der Waals surface area contributed by atoms with E-state index in [1.165, 1.54) is 0 Å². The molecule has 0 unspecified atom stereocenters. The fourth-order valence-electron chi connectivity index (χ4n) is 3.98. The molecule has 0 atom stereocenters. The van der Waals surface area contributed by atoms with E-state index in [1.807, 2.05) is 56.3 Å². The summed E-state index contributed by atoms with van der Waals surface area (Å²) in [6.07, 6.45) is 1.79. The van der Waals surface area contributed by atoms with Crippen LogP contribution < -0.4 is 14.2 Å². The van der Waals surface area contributed by atoms with Gasteiger partial charge in [-0.1, -0.05) is 35.9 Å². The SMILES string of the molecule is Cc1ccccc1/C=C1\Oc2cc(OCc3cc(Cl)cc4c3OCOC4)cc(C)c2C1=O. The summed E-state index contributed by atoms with van der Waals surface area (Å²) < 4.78 is 22.9. The van der Waals surface area contributed by atoms with Gasteiger partial charge in [0.1, 0.15) is 23.9 Å². The van der Waals surface area contributed by atoms with Crippen LogP contribution in [0.3, 0.4) is 0 Å². The molecule has 0 fully saturated rings. The second-order valence-electron chi connectivity index (χ2n) is 7.86. The number of aryl methyl sites for hydroxylation is 2. The summed E-state index contributed by atoms with van der Waals surface area (Å²) in [4.78, 5) is 12.9. The third-order valence-electron chi connectivity index (χ3n) is 5.56. The molecule has 0 saturated heterocycles. The molecule has 162 valence electrons. The first-order valence-electron chi connectivity index (χ1n) is 10.3. The number of allylic oxidation sites excluding steroid dienone is 1. The maximum Gasteiger partial charge on any atom is 0.232 e. The van der Waals surface area contributed by atoms with Crippen molar-refractivity contribution in [2.75, 3.05) is 6.79 Å². The Hall–Kier alpha value is -3.28. The number of carbonyl (C=O) groups is 1. The largest absolute Gasteiger partial charge is 0.489 e. The zero-order valence-corrected chi connectivity index (χ0v) is 18.5. The van der Waals surface area contributed by atoms with Crippen LogP contribution in [-0.2, 0) is 18.0 Å². The molecule has 0 radical (unpaired) electrons. The Morgan fingerprint density at radius 1 is 1.09 bits per heavy atom. The summed E-state index contributed by atoms with van der Waals surface area (Å²) in [7, 11) is 0. The fourth-order valence-corrected chi connectivity index (χ4v) is 4.24. The van der Waals surface area contributed by atoms with E-state index in [4.69, 9.17) is 30.5 Å². The van der Waals surface area contributed by atoms with E-state index in [0.717, 1.165) is 33.6 Å². The molecule has 5 nitrogen and oxygen atoms in total. The van der Waals surface area contributed by atoms with Crippen LogP contribution in [-0.4, -0.2) is 12.6 Å². The van der Waals surface area contributed by atoms with Crippen molar-refractivity contribution in [3.05, 3.63) is 92.7 Å². The van der Waals surface area contributed by atoms with E-state index in [0.29, 0.717) is 34.5 Å². The van der Waals surface area contributed by atoms with Crippen LogP contribution in [0.1, 0.15) is 38.2 Å². The maximum atomic E-state index is 12.9. The van der Waals surface area contributed by atoms with Crippen molar-refractivity contribution < 1.29 is 23.7 Å². The fraction of sp³-hybridized carbons (Fsp3) is 0.192. The number of Topliss-reactive ketones (excluding diaryl/α,β-unsaturated/α-hetero) is 1. The first-order chi connectivity index (χ1) is 15.5. The number of ether oxygens (including phenoxy) is 4. The molecule has 0 saturated carbocycles. The van der Waals surface area contributed by atoms with Gasteiger partial charge in [0, 0.05) is 22.2 Å². The molecule has 3 aromatic carbocycles. The monoisotopic (exact) mass is 448 g/mol. The highest BCUT2D eigenvalue weighted by molar-refractivity contribution is 6.30. The van der Waals surface area contributed by atoms with Gasteiger partial charge in [0.05, 0.1) is 12.2 Å². The first kappa shape index (κ1) is 20.6. The van der Waals surface area contributed by atoms with Crippen LogP contribution in [0.2, 0.25) is 5.02 Å². The molecule has 0 aromatic heterocycles. The minimum absolute atomic E-state index is 0.121. The third kappa shape index (κ3) is 3.85. The molecule has 0 N–H and O–H groups in total. The third-order valence-corrected chi connectivity index (χ3v) is 5.78. The van der Waals surface area contributed by atoms with Crippen LogP contribution in [0.25, 0.3) is 6.08 Å². The second kappa shape index (κ2) is 8.34. The Labute approximate surface area is 191 Å². The van der Waals surface area contributed by atoms with Crippen LogP contribution in [0.4, 0.5) is 0 Å². The van der Waals surface area contributed by atoms with E-state index in [-0.39, 0.29) is 19.2 Å². The number of hydrogen-bond acceptors (Lipinski definition) is 5. The molecule has 32 heavy (non-hydrogen) atoms. The van der Waals surface area contributed by atoms with Crippen molar-refractivity contribution in [3.63, 3.8) is 0 Å². The Balaban J connectivity index is 1.40. The Morgan fingerprint density at radius 2 is 1.94 bits per heavy atom. The van der Waals surface area contributed by atoms with Crippen LogP contribution >= 0.6 is 11.6 Å². The topological polar surface area (TPSA) is 54.0 Å². The van der Waals surface area contributed by atoms with E-state index in [9.17, 15) is 4.79 Å². The summed E-state index contributed by atoms with van der Waals surface area (Å²) in [5, 5.41) is 0.599. The van der Waals surface area contributed by atoms with Gasteiger partial charge in [-0.05, 0) is 54.8 Å². The van der Waals surface area contributed by atoms with Gasteiger partial charge >= 0.3 is 0 Å². The average molecular weight is 449 g/mol. The molecule has 2 aliphatic rings. The highest BCUT2D eigenvalue weighted by Gasteiger charge is 2.30. The average Bonchev–Trinajstić information content (AvgIpc) is 3.09. The van der Waals surface area contributed by atoms with Gasteiger partial charge in [-0.2, -0.15) is 0 Å². The van der Waals surface area contributed by atoms with Crippen LogP contribution in [0.15, 0.2) is 54.3 Å². The van der Waals surface area contributed by atoms with Crippen LogP contribution in [0.5, 0.6) is 17.2 Å². The van der Waals surface area contributed by atoms with Crippen LogP contribution in [0, 0.1) is 13.8 Å². The zero-order chi connectivity index (χ0) is 22.2. The molecule has 0 aliphatic carbocycles. The summed E-state index contributed by atoms with van der Waals surface area (Å²) in [5.74, 6) is 2.04. The van der Waals surface area contributed by atoms with Gasteiger partial charge in [-0.3, -0.25) is 4.79 Å². The molecule has 5 rings (SSSR count). The van der Waals surface area contributed by atoms with Gasteiger partial charge in [-0.15, -0.1) is 0 Å². The molecular formula is C26H21ClO5. The molecular weight excluding hydrogens is 428 g/mol. The number of halogens is 1. The Bertz CT molecular complexity index is 1260. The normalized spacial score (nSPS) is 15.7. The Kier molecular flexibility index (Phi) is 5.37. The number of hydrogen-bond donors (Lipinski definition) is 0. The molecule has 0 bridgehead atoms. The summed E-state index contributed by atoms with van der Waals surface area (Å²) in [5.41, 5.74) is 5.13. The molecule has 0 amide bonds. The summed E-state index contributed by atoms with van der Waals surface area (Å²) >= 11 is 6.24. The van der Waals surface area contributed by atoms with E-state index < -0.39 is 0 Å². The number of fused-ring (bicyclic) bond motifs is 2. The van der Waals surface area contributed by atoms with Crippen molar-refractivity contribution in [1.29, 1.82) is 0 Å². The summed E-state index contributed by atoms with van der Waals surface area (Å²) in [6, 6.07) is 15.1. The van der Waals surface area contributed by atoms with Crippen molar-refractivity contribution in [2.45, 2.75) is 27.1 Å². The van der Waals surface area contributed by atoms with Gasteiger partial charge in [-0.25, -0.2) is 0 Å². The van der Waals surface area contributed by atoms with E-state index in [1.54, 1.807) is 12.1 Å². The van der Waals surface area contributed by atoms with Gasteiger partial charge in [0.2, 0.25) is 5.78 Å². The lowest BCUT2D eigenvalue weighted by Gasteiger charge is -2.21. The lowest BCUT2D eigenvalue weighted by atomic mass is 10.0. The van der Waals surface area contributed by atoms with E-state index in [2.05, 4.69) is 0 Å². The highest BCUT2D eigenvalue weighted by Crippen LogP contribution is 2.38. The smallest absolute Gasteiger partial charge is 0.232 e. The number of ketones is 1. The molecule has 2 aliphatic heterocycles. The quantitative estimate of drug-likeness (QED) is 0.457. The van der Waals surface area contributed by atoms with Gasteiger partial charge < -0.3 is 18.9 Å². The van der Waals surface area contributed by atoms with Crippen molar-refractivity contribution in [3.8, 4) is 17.2 Å². The van der Waals surface area contributed by atoms with Crippen molar-refractivity contribution in [2.24, 2.45) is 0 Å². The second-order valence-corrected chi connectivity index (χ2v) is 8.30. The first-order valence-corrected chi connectivity index (χ1v) is 10.7. The van der Waals surface area contributed by atoms with Crippen molar-refractivity contribution >= 4 is 23.5 Å². The highest BCUT2D eigenvalue weighted by atomic mass is 35.5. The maximum absolute atomic E-state index is 12.9. The predicted octanol–water partition coefficient (Wildman–Crippen LogP) is 6.02. The van der Waals surface area contributed by atoms with Gasteiger partial charge in [0.15, 0.2) is 12.6 Å². The molecule has 0 spiro atoms. The lowest BCUT2D eigenvalue weighted by molar-refractivity contribution is -0.0175. The number of rotatable bonds is 4. The zero-order valence-electron chi connectivity index (χ0n) is 17.7. The lowest BCUT2D eigenvalue weighted by Crippen LogP contribution is -2.14. The standard InChI is InChI=1S/C26H21ClO5/c1-15-5-3-4-6-17(15)10-23-25(28)24-16(2)7-21(11-22(24)32-23)30-13-19-9-20(27)8-18-12-29-14-31-26(18)19/h3-11H,12-14H2,1-2H3/b23-10-. The van der Waals surface area contributed by atoms with Crippen molar-refractivity contribution in [1.82, 2.24) is 0 Å².